The molecular formula is C18H27NO3. The highest BCUT2D eigenvalue weighted by Gasteiger charge is 2.25. The first kappa shape index (κ1) is 16.8. The van der Waals surface area contributed by atoms with E-state index in [-0.39, 0.29) is 5.92 Å². The third-order valence-corrected chi connectivity index (χ3v) is 4.37. The topological polar surface area (TPSA) is 58.6 Å². The molecule has 22 heavy (non-hydrogen) atoms. The molecule has 0 aliphatic heterocycles. The van der Waals surface area contributed by atoms with Crippen LogP contribution in [-0.2, 0) is 4.79 Å². The zero-order valence-corrected chi connectivity index (χ0v) is 13.4. The van der Waals surface area contributed by atoms with E-state index in [2.05, 4.69) is 24.4 Å². The van der Waals surface area contributed by atoms with Crippen molar-refractivity contribution in [3.63, 3.8) is 0 Å². The Hall–Kier alpha value is -1.55. The Kier molecular flexibility index (Phi) is 6.72. The minimum atomic E-state index is -0.633. The van der Waals surface area contributed by atoms with Gasteiger partial charge in [-0.3, -0.25) is 4.79 Å². The lowest BCUT2D eigenvalue weighted by Crippen LogP contribution is -2.35. The van der Waals surface area contributed by atoms with Crippen molar-refractivity contribution in [3.8, 4) is 5.75 Å². The van der Waals surface area contributed by atoms with Crippen molar-refractivity contribution in [2.75, 3.05) is 13.2 Å². The van der Waals surface area contributed by atoms with Gasteiger partial charge in [-0.15, -0.1) is 0 Å². The van der Waals surface area contributed by atoms with Crippen molar-refractivity contribution >= 4 is 5.97 Å². The molecule has 0 saturated heterocycles. The largest absolute Gasteiger partial charge is 0.494 e. The van der Waals surface area contributed by atoms with Gasteiger partial charge in [-0.2, -0.15) is 0 Å². The average Bonchev–Trinajstić information content (AvgIpc) is 2.53. The number of benzene rings is 1. The van der Waals surface area contributed by atoms with E-state index in [1.165, 1.54) is 5.56 Å². The summed E-state index contributed by atoms with van der Waals surface area (Å²) >= 11 is 0. The standard InChI is InChI=1S/C18H27NO3/c1-14-4-10-17(11-5-14)22-13-3-2-12-19-16-8-6-15(7-9-16)18(20)21/h4-5,10-11,15-16,19H,2-3,6-9,12-13H2,1H3,(H,20,21). The Morgan fingerprint density at radius 1 is 1.18 bits per heavy atom. The molecule has 0 spiro atoms. The number of ether oxygens (including phenoxy) is 1. The lowest BCUT2D eigenvalue weighted by atomic mass is 9.86. The molecule has 1 aliphatic rings. The van der Waals surface area contributed by atoms with Crippen LogP contribution in [-0.4, -0.2) is 30.3 Å². The minimum absolute atomic E-state index is 0.124. The van der Waals surface area contributed by atoms with Gasteiger partial charge in [0.05, 0.1) is 12.5 Å². The second kappa shape index (κ2) is 8.79. The number of carboxylic acid groups (broad SMARTS) is 1. The van der Waals surface area contributed by atoms with Crippen molar-refractivity contribution < 1.29 is 14.6 Å². The molecule has 1 saturated carbocycles. The summed E-state index contributed by atoms with van der Waals surface area (Å²) in [5.74, 6) is 0.179. The van der Waals surface area contributed by atoms with Crippen LogP contribution in [0.5, 0.6) is 5.75 Å². The number of aliphatic carboxylic acids is 1. The van der Waals surface area contributed by atoms with E-state index in [4.69, 9.17) is 9.84 Å². The first-order valence-electron chi connectivity index (χ1n) is 8.31. The lowest BCUT2D eigenvalue weighted by Gasteiger charge is -2.26. The summed E-state index contributed by atoms with van der Waals surface area (Å²) in [6.07, 6.45) is 5.71. The van der Waals surface area contributed by atoms with Crippen molar-refractivity contribution in [2.24, 2.45) is 5.92 Å². The van der Waals surface area contributed by atoms with Crippen LogP contribution in [0.25, 0.3) is 0 Å². The van der Waals surface area contributed by atoms with Crippen LogP contribution in [0.1, 0.15) is 44.1 Å². The maximum Gasteiger partial charge on any atom is 0.306 e. The first-order valence-corrected chi connectivity index (χ1v) is 8.31. The summed E-state index contributed by atoms with van der Waals surface area (Å²) < 4.78 is 5.70. The Morgan fingerprint density at radius 2 is 1.86 bits per heavy atom. The molecule has 4 nitrogen and oxygen atoms in total. The predicted molar refractivity (Wildman–Crippen MR) is 87.3 cm³/mol. The second-order valence-corrected chi connectivity index (χ2v) is 6.21. The van der Waals surface area contributed by atoms with E-state index >= 15 is 0 Å². The molecule has 1 aliphatic carbocycles. The zero-order chi connectivity index (χ0) is 15.8. The molecule has 0 radical (unpaired) electrons. The third kappa shape index (κ3) is 5.68. The van der Waals surface area contributed by atoms with Crippen LogP contribution in [0.2, 0.25) is 0 Å². The summed E-state index contributed by atoms with van der Waals surface area (Å²) in [6, 6.07) is 8.63. The van der Waals surface area contributed by atoms with Gasteiger partial charge < -0.3 is 15.2 Å². The maximum absolute atomic E-state index is 10.9. The number of hydrogen-bond acceptors (Lipinski definition) is 3. The van der Waals surface area contributed by atoms with Gasteiger partial charge in [-0.1, -0.05) is 17.7 Å². The van der Waals surface area contributed by atoms with Crippen LogP contribution in [0.15, 0.2) is 24.3 Å². The first-order chi connectivity index (χ1) is 10.6. The predicted octanol–water partition coefficient (Wildman–Crippen LogP) is 3.39. The summed E-state index contributed by atoms with van der Waals surface area (Å²) in [5, 5.41) is 12.5. The van der Waals surface area contributed by atoms with Gasteiger partial charge in [-0.25, -0.2) is 0 Å². The van der Waals surface area contributed by atoms with Crippen LogP contribution in [0.4, 0.5) is 0 Å². The fourth-order valence-electron chi connectivity index (χ4n) is 2.90. The molecule has 0 unspecified atom stereocenters. The number of nitrogens with one attached hydrogen (secondary N) is 1. The van der Waals surface area contributed by atoms with Gasteiger partial charge in [0.25, 0.3) is 0 Å². The SMILES string of the molecule is Cc1ccc(OCCCCNC2CCC(C(=O)O)CC2)cc1. The van der Waals surface area contributed by atoms with E-state index in [1.807, 2.05) is 12.1 Å². The average molecular weight is 305 g/mol. The minimum Gasteiger partial charge on any atom is -0.494 e. The monoisotopic (exact) mass is 305 g/mol. The number of aryl methyl sites for hydroxylation is 1. The Balaban J connectivity index is 1.49. The summed E-state index contributed by atoms with van der Waals surface area (Å²) in [6.45, 7) is 3.80. The van der Waals surface area contributed by atoms with Crippen LogP contribution < -0.4 is 10.1 Å². The summed E-state index contributed by atoms with van der Waals surface area (Å²) in [7, 11) is 0. The van der Waals surface area contributed by atoms with Crippen LogP contribution in [0, 0.1) is 12.8 Å². The molecule has 0 atom stereocenters. The van der Waals surface area contributed by atoms with E-state index in [1.54, 1.807) is 0 Å². The van der Waals surface area contributed by atoms with Gasteiger partial charge in [0.2, 0.25) is 0 Å². The van der Waals surface area contributed by atoms with E-state index < -0.39 is 5.97 Å². The summed E-state index contributed by atoms with van der Waals surface area (Å²) in [4.78, 5) is 10.9. The Labute approximate surface area is 132 Å². The van der Waals surface area contributed by atoms with Crippen molar-refractivity contribution in [1.29, 1.82) is 0 Å². The molecule has 1 aromatic rings. The fraction of sp³-hybridized carbons (Fsp3) is 0.611. The van der Waals surface area contributed by atoms with Crippen molar-refractivity contribution in [2.45, 2.75) is 51.5 Å². The number of carbonyl (C=O) groups is 1. The lowest BCUT2D eigenvalue weighted by molar-refractivity contribution is -0.142. The number of rotatable bonds is 8. The molecule has 0 aromatic heterocycles. The van der Waals surface area contributed by atoms with E-state index in [9.17, 15) is 4.79 Å². The summed E-state index contributed by atoms with van der Waals surface area (Å²) in [5.41, 5.74) is 1.24. The third-order valence-electron chi connectivity index (χ3n) is 4.37. The molecule has 1 aromatic carbocycles. The molecule has 0 heterocycles. The van der Waals surface area contributed by atoms with E-state index in [0.29, 0.717) is 6.04 Å². The highest BCUT2D eigenvalue weighted by atomic mass is 16.5. The zero-order valence-electron chi connectivity index (χ0n) is 13.4. The molecule has 2 N–H and O–H groups in total. The van der Waals surface area contributed by atoms with Gasteiger partial charge in [0.1, 0.15) is 5.75 Å². The molecule has 122 valence electrons. The molecule has 1 fully saturated rings. The van der Waals surface area contributed by atoms with Crippen molar-refractivity contribution in [1.82, 2.24) is 5.32 Å². The van der Waals surface area contributed by atoms with Gasteiger partial charge in [0.15, 0.2) is 0 Å². The fourth-order valence-corrected chi connectivity index (χ4v) is 2.90. The number of unbranched alkanes of at least 4 members (excludes halogenated alkanes) is 1. The molecule has 2 rings (SSSR count). The highest BCUT2D eigenvalue weighted by molar-refractivity contribution is 5.70. The molecular weight excluding hydrogens is 278 g/mol. The molecule has 0 amide bonds. The quantitative estimate of drug-likeness (QED) is 0.723. The number of carboxylic acids is 1. The van der Waals surface area contributed by atoms with Gasteiger partial charge >= 0.3 is 5.97 Å². The highest BCUT2D eigenvalue weighted by Crippen LogP contribution is 2.24. The normalized spacial score (nSPS) is 21.5. The Morgan fingerprint density at radius 3 is 2.50 bits per heavy atom. The van der Waals surface area contributed by atoms with Gasteiger partial charge in [-0.05, 0) is 64.1 Å². The van der Waals surface area contributed by atoms with Crippen LogP contribution >= 0.6 is 0 Å². The molecule has 0 bridgehead atoms. The van der Waals surface area contributed by atoms with Gasteiger partial charge in [0, 0.05) is 6.04 Å². The Bertz CT molecular complexity index is 450. The maximum atomic E-state index is 10.9. The smallest absolute Gasteiger partial charge is 0.306 e. The van der Waals surface area contributed by atoms with E-state index in [0.717, 1.165) is 57.4 Å². The van der Waals surface area contributed by atoms with Crippen molar-refractivity contribution in [3.05, 3.63) is 29.8 Å². The number of hydrogen-bond donors (Lipinski definition) is 2. The molecule has 4 heteroatoms. The van der Waals surface area contributed by atoms with Crippen LogP contribution in [0.3, 0.4) is 0 Å². The second-order valence-electron chi connectivity index (χ2n) is 6.21.